The van der Waals surface area contributed by atoms with E-state index in [2.05, 4.69) is 17.0 Å². The molecule has 1 rings (SSSR count). The van der Waals surface area contributed by atoms with E-state index >= 15 is 0 Å². The topological polar surface area (TPSA) is 49.5 Å². The third-order valence-electron chi connectivity index (χ3n) is 2.75. The van der Waals surface area contributed by atoms with Crippen molar-refractivity contribution in [3.8, 4) is 0 Å². The molecule has 96 valence electrons. The average molecular weight is 236 g/mol. The van der Waals surface area contributed by atoms with Crippen molar-refractivity contribution in [3.63, 3.8) is 0 Å². The van der Waals surface area contributed by atoms with Crippen molar-refractivity contribution in [1.82, 2.24) is 0 Å². The summed E-state index contributed by atoms with van der Waals surface area (Å²) >= 11 is 0. The van der Waals surface area contributed by atoms with E-state index in [0.717, 1.165) is 25.9 Å². The highest BCUT2D eigenvalue weighted by Gasteiger charge is 2.15. The van der Waals surface area contributed by atoms with Gasteiger partial charge in [-0.15, -0.1) is 0 Å². The number of nitrogens with zero attached hydrogens (tertiary/aromatic N) is 1. The van der Waals surface area contributed by atoms with Crippen molar-refractivity contribution in [2.24, 2.45) is 5.73 Å². The molecule has 0 spiro atoms. The number of hydrogen-bond acceptors (Lipinski definition) is 3. The van der Waals surface area contributed by atoms with Crippen molar-refractivity contribution >= 4 is 5.69 Å². The lowest BCUT2D eigenvalue weighted by Gasteiger charge is -2.28. The van der Waals surface area contributed by atoms with E-state index in [1.165, 1.54) is 5.69 Å². The van der Waals surface area contributed by atoms with E-state index in [0.29, 0.717) is 6.54 Å². The molecule has 0 saturated heterocycles. The molecule has 1 aromatic carbocycles. The first-order valence-electron chi connectivity index (χ1n) is 6.25. The molecule has 0 saturated carbocycles. The zero-order chi connectivity index (χ0) is 12.7. The first kappa shape index (κ1) is 14.0. The molecule has 0 aromatic heterocycles. The van der Waals surface area contributed by atoms with Gasteiger partial charge in [-0.25, -0.2) is 0 Å². The zero-order valence-electron chi connectivity index (χ0n) is 10.9. The molecule has 3 N–H and O–H groups in total. The summed E-state index contributed by atoms with van der Waals surface area (Å²) in [5, 5.41) is 9.79. The fourth-order valence-electron chi connectivity index (χ4n) is 1.70. The van der Waals surface area contributed by atoms with Gasteiger partial charge in [0.25, 0.3) is 0 Å². The molecule has 0 radical (unpaired) electrons. The Labute approximate surface area is 104 Å². The van der Waals surface area contributed by atoms with E-state index in [1.54, 1.807) is 0 Å². The molecule has 0 heterocycles. The average Bonchev–Trinajstić information content (AvgIpc) is 2.29. The van der Waals surface area contributed by atoms with Crippen LogP contribution in [0.15, 0.2) is 30.3 Å². The number of hydrogen-bond donors (Lipinski definition) is 2. The molecule has 0 atom stereocenters. The van der Waals surface area contributed by atoms with Gasteiger partial charge in [-0.2, -0.15) is 0 Å². The summed E-state index contributed by atoms with van der Waals surface area (Å²) in [5.41, 5.74) is 6.14. The van der Waals surface area contributed by atoms with Gasteiger partial charge in [-0.05, 0) is 45.4 Å². The lowest BCUT2D eigenvalue weighted by Crippen LogP contribution is -2.32. The molecular formula is C14H24N2O. The lowest BCUT2D eigenvalue weighted by atomic mass is 10.1. The minimum Gasteiger partial charge on any atom is -0.390 e. The molecule has 0 aliphatic rings. The second-order valence-electron chi connectivity index (χ2n) is 5.03. The highest BCUT2D eigenvalue weighted by molar-refractivity contribution is 5.45. The largest absolute Gasteiger partial charge is 0.390 e. The summed E-state index contributed by atoms with van der Waals surface area (Å²) in [6.07, 6.45) is 1.73. The van der Waals surface area contributed by atoms with Crippen LogP contribution in [0.2, 0.25) is 0 Å². The van der Waals surface area contributed by atoms with Crippen LogP contribution in [0.1, 0.15) is 26.7 Å². The quantitative estimate of drug-likeness (QED) is 0.761. The fraction of sp³-hybridized carbons (Fsp3) is 0.571. The Morgan fingerprint density at radius 2 is 1.82 bits per heavy atom. The predicted octanol–water partition coefficient (Wildman–Crippen LogP) is 2.00. The minimum atomic E-state index is -0.615. The van der Waals surface area contributed by atoms with Gasteiger partial charge in [0.1, 0.15) is 0 Å². The number of aliphatic hydroxyl groups is 1. The standard InChI is InChI=1S/C14H24N2O/c1-14(2,17)9-12-16(11-6-10-15)13-7-4-3-5-8-13/h3-5,7-8,17H,6,9-12,15H2,1-2H3. The van der Waals surface area contributed by atoms with Crippen LogP contribution in [0.25, 0.3) is 0 Å². The number of anilines is 1. The number of para-hydroxylation sites is 1. The van der Waals surface area contributed by atoms with Gasteiger partial charge in [-0.3, -0.25) is 0 Å². The Morgan fingerprint density at radius 1 is 1.18 bits per heavy atom. The van der Waals surface area contributed by atoms with Gasteiger partial charge in [0.15, 0.2) is 0 Å². The molecule has 0 amide bonds. The second-order valence-corrected chi connectivity index (χ2v) is 5.03. The third kappa shape index (κ3) is 5.71. The maximum atomic E-state index is 9.79. The van der Waals surface area contributed by atoms with Crippen LogP contribution in [-0.4, -0.2) is 30.3 Å². The molecule has 0 bridgehead atoms. The summed E-state index contributed by atoms with van der Waals surface area (Å²) < 4.78 is 0. The first-order valence-corrected chi connectivity index (χ1v) is 6.25. The summed E-state index contributed by atoms with van der Waals surface area (Å²) in [5.74, 6) is 0. The van der Waals surface area contributed by atoms with E-state index in [4.69, 9.17) is 5.73 Å². The minimum absolute atomic E-state index is 0.615. The molecular weight excluding hydrogens is 212 g/mol. The Balaban J connectivity index is 2.61. The number of rotatable bonds is 7. The molecule has 17 heavy (non-hydrogen) atoms. The van der Waals surface area contributed by atoms with Gasteiger partial charge in [0, 0.05) is 18.8 Å². The third-order valence-corrected chi connectivity index (χ3v) is 2.75. The molecule has 0 aliphatic carbocycles. The molecule has 3 nitrogen and oxygen atoms in total. The SMILES string of the molecule is CC(C)(O)CCN(CCCN)c1ccccc1. The van der Waals surface area contributed by atoms with Crippen LogP contribution in [0.3, 0.4) is 0 Å². The van der Waals surface area contributed by atoms with Crippen LogP contribution < -0.4 is 10.6 Å². The van der Waals surface area contributed by atoms with E-state index in [9.17, 15) is 5.11 Å². The van der Waals surface area contributed by atoms with Crippen LogP contribution in [0.5, 0.6) is 0 Å². The Kier molecular flexibility index (Phi) is 5.45. The summed E-state index contributed by atoms with van der Waals surface area (Å²) in [4.78, 5) is 2.28. The monoisotopic (exact) mass is 236 g/mol. The van der Waals surface area contributed by atoms with Crippen molar-refractivity contribution < 1.29 is 5.11 Å². The van der Waals surface area contributed by atoms with Crippen LogP contribution in [0, 0.1) is 0 Å². The predicted molar refractivity (Wildman–Crippen MR) is 73.2 cm³/mol. The normalized spacial score (nSPS) is 11.5. The van der Waals surface area contributed by atoms with Crippen molar-refractivity contribution in [3.05, 3.63) is 30.3 Å². The van der Waals surface area contributed by atoms with Crippen molar-refractivity contribution in [2.45, 2.75) is 32.3 Å². The summed E-state index contributed by atoms with van der Waals surface area (Å²) in [6, 6.07) is 10.3. The maximum Gasteiger partial charge on any atom is 0.0608 e. The molecule has 0 unspecified atom stereocenters. The number of nitrogens with two attached hydrogens (primary N) is 1. The van der Waals surface area contributed by atoms with Crippen LogP contribution >= 0.6 is 0 Å². The van der Waals surface area contributed by atoms with Crippen LogP contribution in [0.4, 0.5) is 5.69 Å². The highest BCUT2D eigenvalue weighted by atomic mass is 16.3. The highest BCUT2D eigenvalue weighted by Crippen LogP contribution is 2.16. The van der Waals surface area contributed by atoms with Crippen LogP contribution in [-0.2, 0) is 0 Å². The van der Waals surface area contributed by atoms with Gasteiger partial charge in [-0.1, -0.05) is 18.2 Å². The van der Waals surface area contributed by atoms with Gasteiger partial charge >= 0.3 is 0 Å². The second kappa shape index (κ2) is 6.62. The first-order chi connectivity index (χ1) is 8.03. The van der Waals surface area contributed by atoms with Gasteiger partial charge in [0.05, 0.1) is 5.60 Å². The van der Waals surface area contributed by atoms with E-state index < -0.39 is 5.60 Å². The number of benzene rings is 1. The molecule has 0 fully saturated rings. The van der Waals surface area contributed by atoms with E-state index in [1.807, 2.05) is 32.0 Å². The molecule has 0 aliphatic heterocycles. The zero-order valence-corrected chi connectivity index (χ0v) is 10.9. The Hall–Kier alpha value is -1.06. The summed E-state index contributed by atoms with van der Waals surface area (Å²) in [7, 11) is 0. The Bertz CT molecular complexity index is 306. The van der Waals surface area contributed by atoms with Gasteiger partial charge < -0.3 is 15.7 Å². The fourth-order valence-corrected chi connectivity index (χ4v) is 1.70. The summed E-state index contributed by atoms with van der Waals surface area (Å²) in [6.45, 7) is 6.19. The maximum absolute atomic E-state index is 9.79. The van der Waals surface area contributed by atoms with Gasteiger partial charge in [0.2, 0.25) is 0 Å². The van der Waals surface area contributed by atoms with Crippen molar-refractivity contribution in [1.29, 1.82) is 0 Å². The van der Waals surface area contributed by atoms with Crippen molar-refractivity contribution in [2.75, 3.05) is 24.5 Å². The Morgan fingerprint density at radius 3 is 2.35 bits per heavy atom. The lowest BCUT2D eigenvalue weighted by molar-refractivity contribution is 0.0731. The molecule has 3 heteroatoms. The van der Waals surface area contributed by atoms with E-state index in [-0.39, 0.29) is 0 Å². The smallest absolute Gasteiger partial charge is 0.0608 e. The molecule has 1 aromatic rings.